The zero-order chi connectivity index (χ0) is 24.4. The van der Waals surface area contributed by atoms with E-state index in [9.17, 15) is 0 Å². The topological polar surface area (TPSA) is 0 Å². The Hall–Kier alpha value is -1.65. The molecule has 0 saturated heterocycles. The third-order valence-corrected chi connectivity index (χ3v) is 7.44. The molecule has 0 aromatic heterocycles. The minimum absolute atomic E-state index is 0. The lowest BCUT2D eigenvalue weighted by Crippen LogP contribution is -3.00. The van der Waals surface area contributed by atoms with Crippen molar-refractivity contribution in [2.75, 3.05) is 6.54 Å². The molecule has 0 heterocycles. The molecule has 196 valence electrons. The van der Waals surface area contributed by atoms with E-state index in [2.05, 4.69) is 97.9 Å². The highest BCUT2D eigenvalue weighted by molar-refractivity contribution is 5.70. The molecule has 36 heavy (non-hydrogen) atoms. The molecule has 3 rings (SSSR count). The van der Waals surface area contributed by atoms with Crippen LogP contribution in [0.1, 0.15) is 96.8 Å². The zero-order valence-electron chi connectivity index (χ0n) is 22.6. The van der Waals surface area contributed by atoms with Gasteiger partial charge in [-0.3, -0.25) is 0 Å². The van der Waals surface area contributed by atoms with Crippen molar-refractivity contribution < 1.29 is 24.0 Å². The molecule has 0 spiro atoms. The fourth-order valence-electron chi connectivity index (χ4n) is 5.43. The first-order valence-corrected chi connectivity index (χ1v) is 14.4. The smallest absolute Gasteiger partial charge is 0.143 e. The Morgan fingerprint density at radius 3 is 0.972 bits per heavy atom. The van der Waals surface area contributed by atoms with Crippen molar-refractivity contribution in [3.8, 4) is 0 Å². The monoisotopic (exact) mass is 597 g/mol. The van der Waals surface area contributed by atoms with Crippen molar-refractivity contribution in [1.82, 2.24) is 4.48 Å². The van der Waals surface area contributed by atoms with Crippen LogP contribution in [0.25, 0.3) is 0 Å². The van der Waals surface area contributed by atoms with Crippen LogP contribution in [-0.2, 0) is 0 Å². The summed E-state index contributed by atoms with van der Waals surface area (Å²) < 4.78 is 0.792. The predicted octanol–water partition coefficient (Wildman–Crippen LogP) is 8.14. The molecule has 0 amide bonds. The van der Waals surface area contributed by atoms with Gasteiger partial charge in [0.25, 0.3) is 0 Å². The van der Waals surface area contributed by atoms with Gasteiger partial charge in [0.1, 0.15) is 17.1 Å². The zero-order valence-corrected chi connectivity index (χ0v) is 24.7. The van der Waals surface area contributed by atoms with Gasteiger partial charge >= 0.3 is 0 Å². The van der Waals surface area contributed by atoms with Crippen LogP contribution < -0.4 is 28.5 Å². The molecular formula is C34H48IN. The Bertz CT molecular complexity index is 798. The summed E-state index contributed by atoms with van der Waals surface area (Å²) in [5, 5.41) is 0. The van der Waals surface area contributed by atoms with E-state index in [4.69, 9.17) is 0 Å². The molecule has 0 aliphatic heterocycles. The lowest BCUT2D eigenvalue weighted by atomic mass is 10.0. The first-order chi connectivity index (χ1) is 17.4. The maximum Gasteiger partial charge on any atom is 0.143 e. The van der Waals surface area contributed by atoms with Gasteiger partial charge in [-0.25, -0.2) is 4.48 Å². The lowest BCUT2D eigenvalue weighted by Gasteiger charge is -2.37. The molecule has 1 nitrogen and oxygen atoms in total. The van der Waals surface area contributed by atoms with Crippen molar-refractivity contribution in [2.45, 2.75) is 96.8 Å². The van der Waals surface area contributed by atoms with Crippen LogP contribution in [0.5, 0.6) is 0 Å². The van der Waals surface area contributed by atoms with E-state index in [1.54, 1.807) is 0 Å². The summed E-state index contributed by atoms with van der Waals surface area (Å²) in [7, 11) is 0. The van der Waals surface area contributed by atoms with Crippen LogP contribution in [0.4, 0.5) is 17.1 Å². The van der Waals surface area contributed by atoms with E-state index >= 15 is 0 Å². The first kappa shape index (κ1) is 30.6. The third kappa shape index (κ3) is 9.67. The second kappa shape index (κ2) is 18.6. The SMILES string of the molecule is CCCCCCCCCCCCCCCC[N+](c1ccccc1)(c1ccccc1)c1ccccc1.[I-]. The van der Waals surface area contributed by atoms with Gasteiger partial charge in [-0.2, -0.15) is 0 Å². The molecule has 0 aliphatic carbocycles. The van der Waals surface area contributed by atoms with Gasteiger partial charge in [0, 0.05) is 0 Å². The van der Waals surface area contributed by atoms with Crippen molar-refractivity contribution in [3.63, 3.8) is 0 Å². The van der Waals surface area contributed by atoms with Crippen molar-refractivity contribution >= 4 is 17.1 Å². The van der Waals surface area contributed by atoms with E-state index in [1.165, 1.54) is 107 Å². The van der Waals surface area contributed by atoms with Gasteiger partial charge in [-0.05, 0) is 49.2 Å². The van der Waals surface area contributed by atoms with Gasteiger partial charge in [-0.1, -0.05) is 139 Å². The number of quaternary nitrogens is 1. The Balaban J connectivity index is 0.00000456. The maximum absolute atomic E-state index is 2.30. The van der Waals surface area contributed by atoms with Crippen molar-refractivity contribution in [2.24, 2.45) is 0 Å². The average molecular weight is 598 g/mol. The number of rotatable bonds is 18. The first-order valence-electron chi connectivity index (χ1n) is 14.4. The fraction of sp³-hybridized carbons (Fsp3) is 0.471. The minimum Gasteiger partial charge on any atom is -1.00 e. The van der Waals surface area contributed by atoms with E-state index in [1.807, 2.05) is 0 Å². The standard InChI is InChI=1S/C34H48N.HI/c1-2-3-4-5-6-7-8-9-10-11-12-13-14-24-31-35(32-25-18-15-19-26-32,33-27-20-16-21-28-33)34-29-22-17-23-30-34;/h15-23,25-30H,2-14,24,31H2,1H3;1H/q+1;/p-1. The quantitative estimate of drug-likeness (QED) is 0.0789. The molecule has 3 aromatic carbocycles. The van der Waals surface area contributed by atoms with Gasteiger partial charge in [0.2, 0.25) is 0 Å². The molecular weight excluding hydrogens is 549 g/mol. The summed E-state index contributed by atoms with van der Waals surface area (Å²) in [6, 6.07) is 33.2. The summed E-state index contributed by atoms with van der Waals surface area (Å²) in [5.41, 5.74) is 4.04. The number of para-hydroxylation sites is 3. The van der Waals surface area contributed by atoms with E-state index in [0.29, 0.717) is 0 Å². The number of halogens is 1. The number of benzene rings is 3. The second-order valence-electron chi connectivity index (χ2n) is 10.1. The molecule has 0 unspecified atom stereocenters. The molecule has 0 saturated carbocycles. The highest BCUT2D eigenvalue weighted by Crippen LogP contribution is 2.43. The normalized spacial score (nSPS) is 11.2. The number of nitrogens with zero attached hydrogens (tertiary/aromatic N) is 1. The maximum atomic E-state index is 2.30. The van der Waals surface area contributed by atoms with Gasteiger partial charge in [0.15, 0.2) is 0 Å². The highest BCUT2D eigenvalue weighted by Gasteiger charge is 2.35. The summed E-state index contributed by atoms with van der Waals surface area (Å²) in [4.78, 5) is 0. The summed E-state index contributed by atoms with van der Waals surface area (Å²) in [5.74, 6) is 0. The summed E-state index contributed by atoms with van der Waals surface area (Å²) in [6.07, 6.45) is 19.5. The minimum atomic E-state index is 0. The Morgan fingerprint density at radius 2 is 0.667 bits per heavy atom. The lowest BCUT2D eigenvalue weighted by molar-refractivity contribution is -0.00000723. The van der Waals surface area contributed by atoms with Crippen LogP contribution in [-0.4, -0.2) is 6.54 Å². The Morgan fingerprint density at radius 1 is 0.389 bits per heavy atom. The molecule has 3 aromatic rings. The van der Waals surface area contributed by atoms with Crippen LogP contribution in [0.3, 0.4) is 0 Å². The van der Waals surface area contributed by atoms with Crippen LogP contribution >= 0.6 is 0 Å². The molecule has 0 atom stereocenters. The van der Waals surface area contributed by atoms with Gasteiger partial charge in [0.05, 0.1) is 6.54 Å². The molecule has 2 heteroatoms. The van der Waals surface area contributed by atoms with Crippen LogP contribution in [0.2, 0.25) is 0 Å². The van der Waals surface area contributed by atoms with Crippen LogP contribution in [0.15, 0.2) is 91.0 Å². The van der Waals surface area contributed by atoms with Crippen molar-refractivity contribution in [3.05, 3.63) is 91.0 Å². The largest absolute Gasteiger partial charge is 1.00 e. The second-order valence-corrected chi connectivity index (χ2v) is 10.1. The predicted molar refractivity (Wildman–Crippen MR) is 156 cm³/mol. The molecule has 0 N–H and O–H groups in total. The number of unbranched alkanes of at least 4 members (excludes halogenated alkanes) is 13. The van der Waals surface area contributed by atoms with Gasteiger partial charge in [-0.15, -0.1) is 0 Å². The van der Waals surface area contributed by atoms with Crippen LogP contribution in [0, 0.1) is 0 Å². The fourth-order valence-corrected chi connectivity index (χ4v) is 5.43. The number of hydrogen-bond acceptors (Lipinski definition) is 0. The third-order valence-electron chi connectivity index (χ3n) is 7.44. The molecule has 0 aliphatic rings. The van der Waals surface area contributed by atoms with Gasteiger partial charge < -0.3 is 24.0 Å². The summed E-state index contributed by atoms with van der Waals surface area (Å²) in [6.45, 7) is 3.39. The van der Waals surface area contributed by atoms with Crippen molar-refractivity contribution in [1.29, 1.82) is 0 Å². The highest BCUT2D eigenvalue weighted by atomic mass is 127. The average Bonchev–Trinajstić information content (AvgIpc) is 2.93. The molecule has 0 bridgehead atoms. The Kier molecular flexibility index (Phi) is 15.8. The summed E-state index contributed by atoms with van der Waals surface area (Å²) >= 11 is 0. The van der Waals surface area contributed by atoms with E-state index in [0.717, 1.165) is 11.0 Å². The van der Waals surface area contributed by atoms with E-state index in [-0.39, 0.29) is 24.0 Å². The van der Waals surface area contributed by atoms with E-state index < -0.39 is 0 Å². The molecule has 0 fully saturated rings. The molecule has 0 radical (unpaired) electrons. The number of hydrogen-bond donors (Lipinski definition) is 0. The Labute approximate surface area is 238 Å².